The molecule has 1 rings (SSSR count). The van der Waals surface area contributed by atoms with Crippen molar-refractivity contribution in [1.29, 1.82) is 0 Å². The van der Waals surface area contributed by atoms with Crippen LogP contribution in [0.15, 0.2) is 18.3 Å². The number of likely N-dealkylation sites (N-methyl/N-ethyl adjacent to an activating group) is 1. The Balaban J connectivity index is 2.60. The van der Waals surface area contributed by atoms with Gasteiger partial charge < -0.3 is 5.32 Å². The lowest BCUT2D eigenvalue weighted by molar-refractivity contribution is -0.120. The predicted molar refractivity (Wildman–Crippen MR) is 82.9 cm³/mol. The summed E-state index contributed by atoms with van der Waals surface area (Å²) in [6.07, 6.45) is 8.03. The highest BCUT2D eigenvalue weighted by Gasteiger charge is 2.14. The predicted octanol–water partition coefficient (Wildman–Crippen LogP) is 2.46. The number of aromatic nitrogens is 2. The second kappa shape index (κ2) is 8.00. The van der Waals surface area contributed by atoms with Gasteiger partial charge in [-0.15, -0.1) is 0 Å². The average molecular weight is 277 g/mol. The number of hydrogen-bond donors (Lipinski definition) is 1. The van der Waals surface area contributed by atoms with E-state index in [0.29, 0.717) is 12.5 Å². The third-order valence-electron chi connectivity index (χ3n) is 3.69. The standard InChI is InChI=1S/C16H27N3O/c1-6-14-10-18-19(5)16(14)13(3)9-7-8-12(2)15(20)11-17-4/h7-8,10,12-13,17H,6,9,11H2,1-5H3/b8-7-. The molecule has 0 amide bonds. The van der Waals surface area contributed by atoms with Crippen molar-refractivity contribution in [3.63, 3.8) is 0 Å². The van der Waals surface area contributed by atoms with Crippen molar-refractivity contribution in [2.24, 2.45) is 13.0 Å². The van der Waals surface area contributed by atoms with Gasteiger partial charge in [-0.2, -0.15) is 5.10 Å². The fraction of sp³-hybridized carbons (Fsp3) is 0.625. The maximum absolute atomic E-state index is 11.7. The van der Waals surface area contributed by atoms with Gasteiger partial charge in [0, 0.05) is 24.6 Å². The van der Waals surface area contributed by atoms with E-state index in [9.17, 15) is 4.79 Å². The summed E-state index contributed by atoms with van der Waals surface area (Å²) in [5, 5.41) is 7.23. The van der Waals surface area contributed by atoms with Crippen LogP contribution in [0.1, 0.15) is 44.4 Å². The fourth-order valence-electron chi connectivity index (χ4n) is 2.44. The number of Topliss-reactive ketones (excluding diaryl/α,β-unsaturated/α-hetero) is 1. The van der Waals surface area contributed by atoms with Crippen molar-refractivity contribution in [1.82, 2.24) is 15.1 Å². The molecule has 0 aliphatic carbocycles. The molecule has 2 unspecified atom stereocenters. The number of aryl methyl sites for hydroxylation is 2. The molecule has 20 heavy (non-hydrogen) atoms. The Morgan fingerprint density at radius 2 is 2.20 bits per heavy atom. The molecule has 0 saturated carbocycles. The highest BCUT2D eigenvalue weighted by Crippen LogP contribution is 2.23. The minimum absolute atomic E-state index is 0.0215. The Morgan fingerprint density at radius 1 is 1.50 bits per heavy atom. The molecule has 1 heterocycles. The number of ketones is 1. The van der Waals surface area contributed by atoms with Crippen LogP contribution in [-0.2, 0) is 18.3 Å². The second-order valence-electron chi connectivity index (χ2n) is 5.38. The molecule has 0 aliphatic rings. The molecule has 112 valence electrons. The lowest BCUT2D eigenvalue weighted by Gasteiger charge is -2.12. The van der Waals surface area contributed by atoms with Crippen LogP contribution in [-0.4, -0.2) is 29.2 Å². The minimum Gasteiger partial charge on any atom is -0.313 e. The van der Waals surface area contributed by atoms with Crippen molar-refractivity contribution in [2.75, 3.05) is 13.6 Å². The van der Waals surface area contributed by atoms with E-state index >= 15 is 0 Å². The first kappa shape index (κ1) is 16.6. The normalized spacial score (nSPS) is 14.7. The van der Waals surface area contributed by atoms with Gasteiger partial charge in [0.25, 0.3) is 0 Å². The molecule has 2 atom stereocenters. The van der Waals surface area contributed by atoms with Gasteiger partial charge in [-0.25, -0.2) is 0 Å². The second-order valence-corrected chi connectivity index (χ2v) is 5.38. The van der Waals surface area contributed by atoms with E-state index in [2.05, 4.69) is 30.3 Å². The van der Waals surface area contributed by atoms with Gasteiger partial charge in [0.1, 0.15) is 0 Å². The van der Waals surface area contributed by atoms with Crippen molar-refractivity contribution in [3.05, 3.63) is 29.6 Å². The number of allylic oxidation sites excluding steroid dienone is 2. The molecule has 4 heteroatoms. The van der Waals surface area contributed by atoms with Crippen LogP contribution < -0.4 is 5.32 Å². The van der Waals surface area contributed by atoms with Crippen LogP contribution in [0.5, 0.6) is 0 Å². The molecule has 0 radical (unpaired) electrons. The lowest BCUT2D eigenvalue weighted by atomic mass is 9.97. The Hall–Kier alpha value is -1.42. The van der Waals surface area contributed by atoms with E-state index in [-0.39, 0.29) is 11.7 Å². The summed E-state index contributed by atoms with van der Waals surface area (Å²) >= 11 is 0. The zero-order valence-electron chi connectivity index (χ0n) is 13.3. The van der Waals surface area contributed by atoms with Crippen molar-refractivity contribution in [2.45, 2.75) is 39.5 Å². The lowest BCUT2D eigenvalue weighted by Crippen LogP contribution is -2.23. The average Bonchev–Trinajstić information content (AvgIpc) is 2.79. The summed E-state index contributed by atoms with van der Waals surface area (Å²) in [5.74, 6) is 0.623. The summed E-state index contributed by atoms with van der Waals surface area (Å²) in [6.45, 7) is 6.74. The van der Waals surface area contributed by atoms with E-state index in [1.165, 1.54) is 11.3 Å². The zero-order valence-corrected chi connectivity index (χ0v) is 13.3. The van der Waals surface area contributed by atoms with E-state index in [0.717, 1.165) is 12.8 Å². The van der Waals surface area contributed by atoms with Crippen molar-refractivity contribution < 1.29 is 4.79 Å². The Morgan fingerprint density at radius 3 is 2.80 bits per heavy atom. The van der Waals surface area contributed by atoms with Gasteiger partial charge in [0.2, 0.25) is 0 Å². The third kappa shape index (κ3) is 4.30. The molecule has 4 nitrogen and oxygen atoms in total. The van der Waals surface area contributed by atoms with Crippen LogP contribution in [0.2, 0.25) is 0 Å². The molecule has 0 spiro atoms. The van der Waals surface area contributed by atoms with E-state index in [4.69, 9.17) is 0 Å². The van der Waals surface area contributed by atoms with E-state index in [1.807, 2.05) is 30.9 Å². The van der Waals surface area contributed by atoms with Gasteiger partial charge in [0.15, 0.2) is 5.78 Å². The van der Waals surface area contributed by atoms with Gasteiger partial charge >= 0.3 is 0 Å². The molecule has 0 bridgehead atoms. The first-order valence-electron chi connectivity index (χ1n) is 7.35. The molecule has 1 N–H and O–H groups in total. The topological polar surface area (TPSA) is 46.9 Å². The molecule has 0 aromatic carbocycles. The molecule has 0 saturated heterocycles. The Bertz CT molecular complexity index is 462. The van der Waals surface area contributed by atoms with Gasteiger partial charge in [-0.1, -0.05) is 32.9 Å². The van der Waals surface area contributed by atoms with Crippen LogP contribution in [0.3, 0.4) is 0 Å². The molecular formula is C16H27N3O. The largest absolute Gasteiger partial charge is 0.313 e. The summed E-state index contributed by atoms with van der Waals surface area (Å²) in [5.41, 5.74) is 2.61. The summed E-state index contributed by atoms with van der Waals surface area (Å²) in [7, 11) is 3.79. The Kier molecular flexibility index (Phi) is 6.65. The number of rotatable bonds is 8. The molecular weight excluding hydrogens is 250 g/mol. The molecule has 0 fully saturated rings. The summed E-state index contributed by atoms with van der Waals surface area (Å²) < 4.78 is 1.97. The van der Waals surface area contributed by atoms with Gasteiger partial charge in [0.05, 0.1) is 12.7 Å². The van der Waals surface area contributed by atoms with Gasteiger partial charge in [-0.05, 0) is 25.5 Å². The van der Waals surface area contributed by atoms with Crippen molar-refractivity contribution in [3.8, 4) is 0 Å². The quantitative estimate of drug-likeness (QED) is 0.743. The van der Waals surface area contributed by atoms with Gasteiger partial charge in [-0.3, -0.25) is 9.48 Å². The summed E-state index contributed by atoms with van der Waals surface area (Å²) in [4.78, 5) is 11.7. The number of nitrogens with one attached hydrogen (secondary N) is 1. The number of hydrogen-bond acceptors (Lipinski definition) is 3. The number of carbonyl (C=O) groups is 1. The van der Waals surface area contributed by atoms with E-state index in [1.54, 1.807) is 7.05 Å². The maximum Gasteiger partial charge on any atom is 0.153 e. The number of carbonyl (C=O) groups excluding carboxylic acids is 1. The highest BCUT2D eigenvalue weighted by molar-refractivity contribution is 5.84. The van der Waals surface area contributed by atoms with Crippen LogP contribution in [0.4, 0.5) is 0 Å². The van der Waals surface area contributed by atoms with Crippen molar-refractivity contribution >= 4 is 5.78 Å². The van der Waals surface area contributed by atoms with Crippen LogP contribution in [0.25, 0.3) is 0 Å². The zero-order chi connectivity index (χ0) is 15.1. The number of nitrogens with zero attached hydrogens (tertiary/aromatic N) is 2. The summed E-state index contributed by atoms with van der Waals surface area (Å²) in [6, 6.07) is 0. The molecule has 1 aromatic heterocycles. The smallest absolute Gasteiger partial charge is 0.153 e. The maximum atomic E-state index is 11.7. The first-order valence-corrected chi connectivity index (χ1v) is 7.35. The Labute approximate surface area is 122 Å². The molecule has 1 aromatic rings. The fourth-order valence-corrected chi connectivity index (χ4v) is 2.44. The van der Waals surface area contributed by atoms with E-state index < -0.39 is 0 Å². The minimum atomic E-state index is -0.0215. The SMILES string of the molecule is CCc1cnn(C)c1C(C)C/C=C\C(C)C(=O)CNC. The van der Waals surface area contributed by atoms with Crippen LogP contribution in [0, 0.1) is 5.92 Å². The highest BCUT2D eigenvalue weighted by atomic mass is 16.1. The first-order chi connectivity index (χ1) is 9.51. The monoisotopic (exact) mass is 277 g/mol. The molecule has 0 aliphatic heterocycles. The van der Waals surface area contributed by atoms with Crippen LogP contribution >= 0.6 is 0 Å². The third-order valence-corrected chi connectivity index (χ3v) is 3.69.